The molecular formula is C24H30N4O2. The van der Waals surface area contributed by atoms with Crippen LogP contribution in [-0.4, -0.2) is 42.5 Å². The molecule has 3 amide bonds. The predicted molar refractivity (Wildman–Crippen MR) is 118 cm³/mol. The average Bonchev–Trinajstić information content (AvgIpc) is 3.37. The molecule has 1 saturated heterocycles. The Bertz CT molecular complexity index is 914. The fourth-order valence-corrected chi connectivity index (χ4v) is 4.35. The maximum absolute atomic E-state index is 12.3. The van der Waals surface area contributed by atoms with Gasteiger partial charge in [-0.3, -0.25) is 4.79 Å². The van der Waals surface area contributed by atoms with Crippen molar-refractivity contribution in [3.05, 3.63) is 65.2 Å². The van der Waals surface area contributed by atoms with Crippen molar-refractivity contribution in [2.75, 3.05) is 24.5 Å². The van der Waals surface area contributed by atoms with Crippen molar-refractivity contribution < 1.29 is 9.59 Å². The van der Waals surface area contributed by atoms with Gasteiger partial charge < -0.3 is 20.4 Å². The van der Waals surface area contributed by atoms with Gasteiger partial charge in [0.25, 0.3) is 0 Å². The van der Waals surface area contributed by atoms with Crippen LogP contribution in [0.3, 0.4) is 0 Å². The Hall–Kier alpha value is -3.02. The monoisotopic (exact) mass is 406 g/mol. The Labute approximate surface area is 178 Å². The van der Waals surface area contributed by atoms with Gasteiger partial charge in [-0.2, -0.15) is 0 Å². The number of hydrogen-bond acceptors (Lipinski definition) is 3. The van der Waals surface area contributed by atoms with Crippen LogP contribution in [0.2, 0.25) is 0 Å². The molecule has 6 heteroatoms. The predicted octanol–water partition coefficient (Wildman–Crippen LogP) is 3.06. The summed E-state index contributed by atoms with van der Waals surface area (Å²) in [5.41, 5.74) is 4.80. The zero-order valence-corrected chi connectivity index (χ0v) is 17.6. The molecule has 2 aromatic carbocycles. The van der Waals surface area contributed by atoms with E-state index in [1.54, 1.807) is 0 Å². The van der Waals surface area contributed by atoms with Crippen molar-refractivity contribution in [1.82, 2.24) is 15.5 Å². The van der Waals surface area contributed by atoms with E-state index in [0.717, 1.165) is 37.1 Å². The van der Waals surface area contributed by atoms with E-state index in [2.05, 4.69) is 52.8 Å². The van der Waals surface area contributed by atoms with Gasteiger partial charge in [0.15, 0.2) is 0 Å². The molecule has 4 rings (SSSR count). The van der Waals surface area contributed by atoms with E-state index >= 15 is 0 Å². The third-order valence-corrected chi connectivity index (χ3v) is 6.00. The molecule has 158 valence electrons. The molecule has 2 aliphatic rings. The second-order valence-corrected chi connectivity index (χ2v) is 8.22. The Morgan fingerprint density at radius 1 is 1.03 bits per heavy atom. The Morgan fingerprint density at radius 2 is 1.87 bits per heavy atom. The van der Waals surface area contributed by atoms with E-state index in [4.69, 9.17) is 0 Å². The number of rotatable bonds is 7. The fourth-order valence-electron chi connectivity index (χ4n) is 4.35. The maximum atomic E-state index is 12.3. The van der Waals surface area contributed by atoms with E-state index in [-0.39, 0.29) is 18.0 Å². The van der Waals surface area contributed by atoms with Gasteiger partial charge in [-0.05, 0) is 42.5 Å². The number of para-hydroxylation sites is 1. The molecule has 0 aromatic heterocycles. The lowest BCUT2D eigenvalue weighted by Gasteiger charge is -2.27. The fraction of sp³-hybridized carbons (Fsp3) is 0.417. The normalized spacial score (nSPS) is 16.5. The van der Waals surface area contributed by atoms with Crippen molar-refractivity contribution >= 4 is 17.6 Å². The van der Waals surface area contributed by atoms with Crippen LogP contribution in [0.4, 0.5) is 10.5 Å². The molecule has 0 spiro atoms. The number of carbonyl (C=O) groups excluding carboxylic acids is 2. The number of nitrogens with zero attached hydrogens (tertiary/aromatic N) is 2. The average molecular weight is 407 g/mol. The molecule has 0 saturated carbocycles. The minimum Gasteiger partial charge on any atom is -0.366 e. The Morgan fingerprint density at radius 3 is 2.70 bits per heavy atom. The molecule has 1 atom stereocenters. The van der Waals surface area contributed by atoms with Gasteiger partial charge in [-0.1, -0.05) is 42.5 Å². The summed E-state index contributed by atoms with van der Waals surface area (Å²) in [6.45, 7) is 5.69. The van der Waals surface area contributed by atoms with Crippen LogP contribution in [0.25, 0.3) is 0 Å². The number of benzene rings is 2. The second kappa shape index (κ2) is 9.20. The topological polar surface area (TPSA) is 64.7 Å². The number of anilines is 1. The van der Waals surface area contributed by atoms with Crippen molar-refractivity contribution in [1.29, 1.82) is 0 Å². The molecule has 1 unspecified atom stereocenters. The van der Waals surface area contributed by atoms with Crippen molar-refractivity contribution in [3.8, 4) is 0 Å². The van der Waals surface area contributed by atoms with Crippen LogP contribution >= 0.6 is 0 Å². The number of hydrogen-bond donors (Lipinski definition) is 2. The van der Waals surface area contributed by atoms with Gasteiger partial charge in [0.1, 0.15) is 0 Å². The van der Waals surface area contributed by atoms with Crippen LogP contribution in [0.1, 0.15) is 36.5 Å². The van der Waals surface area contributed by atoms with Crippen molar-refractivity contribution in [2.45, 2.75) is 45.3 Å². The molecular weight excluding hydrogens is 376 g/mol. The van der Waals surface area contributed by atoms with Crippen LogP contribution in [-0.2, 0) is 24.3 Å². The summed E-state index contributed by atoms with van der Waals surface area (Å²) in [5.74, 6) is 0.229. The number of nitrogens with one attached hydrogen (secondary N) is 2. The summed E-state index contributed by atoms with van der Waals surface area (Å²) in [6, 6.07) is 16.6. The summed E-state index contributed by atoms with van der Waals surface area (Å²) in [4.78, 5) is 28.4. The number of carbonyl (C=O) groups is 2. The van der Waals surface area contributed by atoms with Crippen molar-refractivity contribution in [3.63, 3.8) is 0 Å². The summed E-state index contributed by atoms with van der Waals surface area (Å²) in [6.07, 6.45) is 2.66. The highest BCUT2D eigenvalue weighted by Crippen LogP contribution is 2.28. The Kier molecular flexibility index (Phi) is 6.21. The van der Waals surface area contributed by atoms with Crippen LogP contribution in [0.15, 0.2) is 48.5 Å². The Balaban J connectivity index is 1.23. The second-order valence-electron chi connectivity index (χ2n) is 8.22. The highest BCUT2D eigenvalue weighted by atomic mass is 16.2. The highest BCUT2D eigenvalue weighted by molar-refractivity contribution is 5.78. The number of amides is 3. The van der Waals surface area contributed by atoms with Crippen LogP contribution in [0, 0.1) is 0 Å². The molecule has 2 N–H and O–H groups in total. The lowest BCUT2D eigenvalue weighted by molar-refractivity contribution is -0.128. The van der Waals surface area contributed by atoms with Gasteiger partial charge in [0.05, 0.1) is 0 Å². The molecule has 6 nitrogen and oxygen atoms in total. The highest BCUT2D eigenvalue weighted by Gasteiger charge is 2.23. The summed E-state index contributed by atoms with van der Waals surface area (Å²) < 4.78 is 0. The minimum atomic E-state index is -0.158. The smallest absolute Gasteiger partial charge is 0.315 e. The van der Waals surface area contributed by atoms with E-state index in [1.807, 2.05) is 23.1 Å². The molecule has 2 aliphatic heterocycles. The molecule has 30 heavy (non-hydrogen) atoms. The standard InChI is InChI=1S/C24H30N4O2/c1-18(28-13-11-21-8-2-3-9-22(21)28)15-25-24(30)26-16-19-6-4-7-20(14-19)17-27-12-5-10-23(27)29/h2-4,6-9,14,18H,5,10-13,15-17H2,1H3,(H2,25,26,30). The van der Waals surface area contributed by atoms with Crippen molar-refractivity contribution in [2.24, 2.45) is 0 Å². The van der Waals surface area contributed by atoms with Gasteiger partial charge in [0.2, 0.25) is 5.91 Å². The quantitative estimate of drug-likeness (QED) is 0.743. The first-order valence-corrected chi connectivity index (χ1v) is 10.8. The summed E-state index contributed by atoms with van der Waals surface area (Å²) in [7, 11) is 0. The first-order valence-electron chi connectivity index (χ1n) is 10.8. The molecule has 0 bridgehead atoms. The first kappa shape index (κ1) is 20.3. The SMILES string of the molecule is CC(CNC(=O)NCc1cccc(CN2CCCC2=O)c1)N1CCc2ccccc21. The van der Waals surface area contributed by atoms with E-state index in [1.165, 1.54) is 11.3 Å². The number of likely N-dealkylation sites (tertiary alicyclic amines) is 1. The molecule has 2 heterocycles. The third kappa shape index (κ3) is 4.75. The summed E-state index contributed by atoms with van der Waals surface area (Å²) >= 11 is 0. The van der Waals surface area contributed by atoms with E-state index < -0.39 is 0 Å². The first-order chi connectivity index (χ1) is 14.6. The number of urea groups is 1. The lowest BCUT2D eigenvalue weighted by Crippen LogP contribution is -2.44. The number of fused-ring (bicyclic) bond motifs is 1. The van der Waals surface area contributed by atoms with Crippen LogP contribution in [0.5, 0.6) is 0 Å². The maximum Gasteiger partial charge on any atom is 0.315 e. The third-order valence-electron chi connectivity index (χ3n) is 6.00. The minimum absolute atomic E-state index is 0.158. The molecule has 1 fully saturated rings. The largest absolute Gasteiger partial charge is 0.366 e. The van der Waals surface area contributed by atoms with E-state index in [0.29, 0.717) is 26.1 Å². The van der Waals surface area contributed by atoms with Gasteiger partial charge in [-0.25, -0.2) is 4.79 Å². The molecule has 2 aromatic rings. The van der Waals surface area contributed by atoms with Gasteiger partial charge >= 0.3 is 6.03 Å². The van der Waals surface area contributed by atoms with Gasteiger partial charge in [-0.15, -0.1) is 0 Å². The zero-order valence-electron chi connectivity index (χ0n) is 17.6. The lowest BCUT2D eigenvalue weighted by atomic mass is 10.1. The van der Waals surface area contributed by atoms with E-state index in [9.17, 15) is 9.59 Å². The molecule has 0 aliphatic carbocycles. The zero-order chi connectivity index (χ0) is 20.9. The summed E-state index contributed by atoms with van der Waals surface area (Å²) in [5, 5.41) is 5.94. The van der Waals surface area contributed by atoms with Crippen LogP contribution < -0.4 is 15.5 Å². The van der Waals surface area contributed by atoms with Gasteiger partial charge in [0, 0.05) is 50.9 Å². The molecule has 0 radical (unpaired) electrons.